The van der Waals surface area contributed by atoms with Gasteiger partial charge in [-0.1, -0.05) is 17.3 Å². The summed E-state index contributed by atoms with van der Waals surface area (Å²) in [7, 11) is 1.57. The monoisotopic (exact) mass is 448 g/mol. The average Bonchev–Trinajstić information content (AvgIpc) is 3.22. The van der Waals surface area contributed by atoms with Crippen molar-refractivity contribution in [2.24, 2.45) is 0 Å². The molecule has 0 aliphatic heterocycles. The molecule has 2 heterocycles. The molecule has 0 aliphatic carbocycles. The van der Waals surface area contributed by atoms with E-state index in [0.29, 0.717) is 46.2 Å². The number of anilines is 1. The number of fused-ring (bicyclic) bond motifs is 1. The van der Waals surface area contributed by atoms with Crippen molar-refractivity contribution in [1.29, 1.82) is 0 Å². The second kappa shape index (κ2) is 9.15. The molecule has 1 amide bonds. The number of hydrogen-bond acceptors (Lipinski definition) is 7. The largest absolute Gasteiger partial charge is 0.497 e. The van der Waals surface area contributed by atoms with Gasteiger partial charge >= 0.3 is 0 Å². The fourth-order valence-corrected chi connectivity index (χ4v) is 3.50. The maximum Gasteiger partial charge on any atom is 0.297 e. The van der Waals surface area contributed by atoms with Crippen LogP contribution in [-0.4, -0.2) is 34.6 Å². The first-order valence-corrected chi connectivity index (χ1v) is 10.5. The number of rotatable bonds is 7. The van der Waals surface area contributed by atoms with E-state index in [1.54, 1.807) is 51.3 Å². The highest BCUT2D eigenvalue weighted by Gasteiger charge is 2.24. The number of aromatic nitrogens is 3. The lowest BCUT2D eigenvalue weighted by Gasteiger charge is -2.16. The number of hydrogen-bond donors (Lipinski definition) is 1. The Morgan fingerprint density at radius 2 is 1.94 bits per heavy atom. The molecule has 0 fully saturated rings. The molecule has 170 valence electrons. The van der Waals surface area contributed by atoms with Crippen molar-refractivity contribution in [3.8, 4) is 22.8 Å². The van der Waals surface area contributed by atoms with E-state index in [9.17, 15) is 9.59 Å². The summed E-state index contributed by atoms with van der Waals surface area (Å²) in [6, 6.07) is 13.4. The lowest BCUT2D eigenvalue weighted by Crippen LogP contribution is -2.34. The van der Waals surface area contributed by atoms with E-state index in [2.05, 4.69) is 15.6 Å². The number of amides is 1. The third-order valence-electron chi connectivity index (χ3n) is 5.24. The van der Waals surface area contributed by atoms with E-state index >= 15 is 0 Å². The summed E-state index contributed by atoms with van der Waals surface area (Å²) in [4.78, 5) is 26.1. The topological polar surface area (TPSA) is 108 Å². The number of carbonyl (C=O) groups is 1. The van der Waals surface area contributed by atoms with Gasteiger partial charge in [0, 0.05) is 11.3 Å². The van der Waals surface area contributed by atoms with Crippen molar-refractivity contribution in [2.75, 3.05) is 19.0 Å². The summed E-state index contributed by atoms with van der Waals surface area (Å²) in [6.07, 6.45) is 0. The summed E-state index contributed by atoms with van der Waals surface area (Å²) < 4.78 is 17.2. The van der Waals surface area contributed by atoms with Crippen LogP contribution in [-0.2, 0) is 4.79 Å². The Morgan fingerprint density at radius 3 is 2.64 bits per heavy atom. The van der Waals surface area contributed by atoms with Crippen molar-refractivity contribution in [2.45, 2.75) is 26.8 Å². The van der Waals surface area contributed by atoms with Crippen LogP contribution in [0.3, 0.4) is 0 Å². The molecule has 0 spiro atoms. The zero-order valence-electron chi connectivity index (χ0n) is 18.8. The molecule has 4 rings (SSSR count). The van der Waals surface area contributed by atoms with Gasteiger partial charge in [-0.25, -0.2) is 4.68 Å². The van der Waals surface area contributed by atoms with E-state index in [1.807, 2.05) is 25.1 Å². The third kappa shape index (κ3) is 4.30. The molecule has 4 aromatic rings. The molecule has 2 aromatic carbocycles. The van der Waals surface area contributed by atoms with Crippen molar-refractivity contribution >= 4 is 22.5 Å². The van der Waals surface area contributed by atoms with Crippen LogP contribution in [0.1, 0.15) is 25.6 Å². The first kappa shape index (κ1) is 22.1. The molecule has 0 saturated carbocycles. The minimum Gasteiger partial charge on any atom is -0.497 e. The molecule has 2 aromatic heterocycles. The standard InChI is InChI=1S/C24H24N4O5/c1-5-32-18-11-9-17(10-12-18)25-23(29)14(2)28-24(30)22-20(15(3)33-27-22)21(26-28)16-7-6-8-19(13-16)31-4/h6-14H,5H2,1-4H3,(H,25,29)/t14-/m0/s1. The fourth-order valence-electron chi connectivity index (χ4n) is 3.50. The Labute approximate surface area is 189 Å². The first-order chi connectivity index (χ1) is 15.9. The van der Waals surface area contributed by atoms with Gasteiger partial charge in [0.2, 0.25) is 5.91 Å². The van der Waals surface area contributed by atoms with Gasteiger partial charge in [-0.05, 0) is 57.2 Å². The van der Waals surface area contributed by atoms with E-state index in [1.165, 1.54) is 0 Å². The minimum absolute atomic E-state index is 0.112. The van der Waals surface area contributed by atoms with Crippen molar-refractivity contribution in [1.82, 2.24) is 14.9 Å². The van der Waals surface area contributed by atoms with Crippen LogP contribution in [0, 0.1) is 6.92 Å². The van der Waals surface area contributed by atoms with E-state index in [0.717, 1.165) is 4.68 Å². The zero-order chi connectivity index (χ0) is 23.5. The Hall–Kier alpha value is -4.14. The number of benzene rings is 2. The van der Waals surface area contributed by atoms with Gasteiger partial charge in [0.15, 0.2) is 5.52 Å². The number of ether oxygens (including phenoxy) is 2. The van der Waals surface area contributed by atoms with Gasteiger partial charge in [-0.3, -0.25) is 9.59 Å². The average molecular weight is 448 g/mol. The van der Waals surface area contributed by atoms with Gasteiger partial charge in [0.25, 0.3) is 5.56 Å². The minimum atomic E-state index is -0.908. The first-order valence-electron chi connectivity index (χ1n) is 10.5. The third-order valence-corrected chi connectivity index (χ3v) is 5.24. The van der Waals surface area contributed by atoms with Crippen LogP contribution in [0.5, 0.6) is 11.5 Å². The van der Waals surface area contributed by atoms with Crippen LogP contribution in [0.25, 0.3) is 22.2 Å². The van der Waals surface area contributed by atoms with E-state index < -0.39 is 17.5 Å². The molecular weight excluding hydrogens is 424 g/mol. The quantitative estimate of drug-likeness (QED) is 0.456. The Balaban J connectivity index is 1.73. The van der Waals surface area contributed by atoms with Gasteiger partial charge in [0.1, 0.15) is 29.0 Å². The SMILES string of the molecule is CCOc1ccc(NC(=O)[C@H](C)n2nc(-c3cccc(OC)c3)c3c(C)onc3c2=O)cc1. The number of nitrogens with zero attached hydrogens (tertiary/aromatic N) is 3. The maximum absolute atomic E-state index is 13.1. The lowest BCUT2D eigenvalue weighted by atomic mass is 10.1. The van der Waals surface area contributed by atoms with Crippen LogP contribution >= 0.6 is 0 Å². The van der Waals surface area contributed by atoms with Crippen LogP contribution in [0.4, 0.5) is 5.69 Å². The molecule has 0 aliphatic rings. The molecule has 33 heavy (non-hydrogen) atoms. The van der Waals surface area contributed by atoms with Crippen molar-refractivity contribution < 1.29 is 18.8 Å². The second-order valence-electron chi connectivity index (χ2n) is 7.42. The summed E-state index contributed by atoms with van der Waals surface area (Å²) in [6.45, 7) is 5.77. The molecule has 0 unspecified atom stereocenters. The molecule has 0 saturated heterocycles. The fraction of sp³-hybridized carbons (Fsp3) is 0.250. The van der Waals surface area contributed by atoms with Crippen LogP contribution < -0.4 is 20.3 Å². The highest BCUT2D eigenvalue weighted by Crippen LogP contribution is 2.30. The van der Waals surface area contributed by atoms with E-state index in [-0.39, 0.29) is 5.52 Å². The summed E-state index contributed by atoms with van der Waals surface area (Å²) in [5.41, 5.74) is 1.36. The second-order valence-corrected chi connectivity index (χ2v) is 7.42. The van der Waals surface area contributed by atoms with Gasteiger partial charge < -0.3 is 19.3 Å². The molecule has 1 atom stereocenters. The molecule has 0 radical (unpaired) electrons. The van der Waals surface area contributed by atoms with Crippen LogP contribution in [0.2, 0.25) is 0 Å². The Morgan fingerprint density at radius 1 is 1.18 bits per heavy atom. The Bertz CT molecular complexity index is 1360. The number of carbonyl (C=O) groups excluding carboxylic acids is 1. The number of aryl methyl sites for hydroxylation is 1. The highest BCUT2D eigenvalue weighted by atomic mass is 16.5. The maximum atomic E-state index is 13.1. The predicted molar refractivity (Wildman–Crippen MR) is 124 cm³/mol. The van der Waals surface area contributed by atoms with E-state index in [4.69, 9.17) is 14.0 Å². The molecule has 1 N–H and O–H groups in total. The molecular formula is C24H24N4O5. The smallest absolute Gasteiger partial charge is 0.297 e. The zero-order valence-corrected chi connectivity index (χ0v) is 18.8. The molecule has 9 heteroatoms. The van der Waals surface area contributed by atoms with Crippen molar-refractivity contribution in [3.05, 3.63) is 64.6 Å². The van der Waals surface area contributed by atoms with Gasteiger partial charge in [0.05, 0.1) is 19.1 Å². The van der Waals surface area contributed by atoms with Crippen LogP contribution in [0.15, 0.2) is 57.8 Å². The summed E-state index contributed by atoms with van der Waals surface area (Å²) in [5, 5.41) is 11.8. The lowest BCUT2D eigenvalue weighted by molar-refractivity contribution is -0.119. The Kier molecular flexibility index (Phi) is 6.12. The summed E-state index contributed by atoms with van der Waals surface area (Å²) >= 11 is 0. The van der Waals surface area contributed by atoms with Gasteiger partial charge in [-0.2, -0.15) is 5.10 Å². The molecule has 9 nitrogen and oxygen atoms in total. The predicted octanol–water partition coefficient (Wildman–Crippen LogP) is 3.97. The molecule has 0 bridgehead atoms. The summed E-state index contributed by atoms with van der Waals surface area (Å²) in [5.74, 6) is 1.41. The number of nitrogens with one attached hydrogen (secondary N) is 1. The van der Waals surface area contributed by atoms with Gasteiger partial charge in [-0.15, -0.1) is 0 Å². The highest BCUT2D eigenvalue weighted by molar-refractivity contribution is 5.95. The number of methoxy groups -OCH3 is 1. The normalized spacial score (nSPS) is 11.9. The van der Waals surface area contributed by atoms with Crippen molar-refractivity contribution in [3.63, 3.8) is 0 Å².